The topological polar surface area (TPSA) is 61.7 Å². The number of imidazole rings is 1. The second-order valence-electron chi connectivity index (χ2n) is 5.23. The molecular formula is C15H18FN5. The number of nitrogen functional groups attached to an aromatic ring is 1. The lowest BCUT2D eigenvalue weighted by molar-refractivity contribution is 0.617. The summed E-state index contributed by atoms with van der Waals surface area (Å²) in [5.74, 6) is 0.0864. The van der Waals surface area contributed by atoms with E-state index in [0.29, 0.717) is 17.2 Å². The molecule has 6 heteroatoms. The van der Waals surface area contributed by atoms with Crippen LogP contribution < -0.4 is 5.73 Å². The highest BCUT2D eigenvalue weighted by Crippen LogP contribution is 2.26. The zero-order chi connectivity index (χ0) is 15.1. The van der Waals surface area contributed by atoms with Crippen molar-refractivity contribution in [1.82, 2.24) is 19.3 Å². The molecular weight excluding hydrogens is 269 g/mol. The van der Waals surface area contributed by atoms with Gasteiger partial charge in [0.25, 0.3) is 0 Å². The maximum atomic E-state index is 13.8. The number of hydrogen-bond acceptors (Lipinski definition) is 3. The number of benzene rings is 1. The minimum atomic E-state index is -0.260. The fourth-order valence-corrected chi connectivity index (χ4v) is 2.58. The molecule has 3 rings (SSSR count). The summed E-state index contributed by atoms with van der Waals surface area (Å²) in [5.41, 5.74) is 9.80. The number of fused-ring (bicyclic) bond motifs is 1. The van der Waals surface area contributed by atoms with Crippen LogP contribution in [0.1, 0.15) is 24.6 Å². The summed E-state index contributed by atoms with van der Waals surface area (Å²) < 4.78 is 17.3. The van der Waals surface area contributed by atoms with Gasteiger partial charge in [0.1, 0.15) is 11.3 Å². The van der Waals surface area contributed by atoms with Gasteiger partial charge in [-0.25, -0.2) is 14.1 Å². The molecule has 0 aliphatic rings. The Kier molecular flexibility index (Phi) is 3.16. The minimum Gasteiger partial charge on any atom is -0.369 e. The highest BCUT2D eigenvalue weighted by molar-refractivity contribution is 5.80. The van der Waals surface area contributed by atoms with Crippen LogP contribution in [0, 0.1) is 12.7 Å². The fourth-order valence-electron chi connectivity index (χ4n) is 2.58. The number of aromatic nitrogens is 4. The lowest BCUT2D eigenvalue weighted by Gasteiger charge is -2.08. The number of nitrogens with two attached hydrogens (primary N) is 1. The first-order chi connectivity index (χ1) is 10.0. The SMILES string of the molecule is CCCc1nn(C)c2c1nc(N)n2-c1ccc(C)c(F)c1. The maximum Gasteiger partial charge on any atom is 0.207 e. The van der Waals surface area contributed by atoms with Crippen molar-refractivity contribution in [2.24, 2.45) is 7.05 Å². The van der Waals surface area contributed by atoms with Crippen LogP contribution in [0.25, 0.3) is 16.9 Å². The van der Waals surface area contributed by atoms with E-state index in [2.05, 4.69) is 17.0 Å². The van der Waals surface area contributed by atoms with Crippen molar-refractivity contribution in [3.05, 3.63) is 35.3 Å². The fraction of sp³-hybridized carbons (Fsp3) is 0.333. The van der Waals surface area contributed by atoms with Crippen LogP contribution in [0.3, 0.4) is 0 Å². The standard InChI is InChI=1S/C15H18FN5/c1-4-5-12-13-14(20(3)19-12)21(15(17)18-13)10-7-6-9(2)11(16)8-10/h6-8H,4-5H2,1-3H3,(H2,17,18). The molecule has 110 valence electrons. The van der Waals surface area contributed by atoms with Gasteiger partial charge in [-0.3, -0.25) is 4.57 Å². The van der Waals surface area contributed by atoms with Gasteiger partial charge in [0.2, 0.25) is 5.95 Å². The van der Waals surface area contributed by atoms with Gasteiger partial charge in [0, 0.05) is 7.05 Å². The molecule has 0 unspecified atom stereocenters. The van der Waals surface area contributed by atoms with Gasteiger partial charge in [-0.15, -0.1) is 0 Å². The third-order valence-corrected chi connectivity index (χ3v) is 3.63. The molecule has 0 radical (unpaired) electrons. The first kappa shape index (κ1) is 13.6. The average molecular weight is 287 g/mol. The van der Waals surface area contributed by atoms with Gasteiger partial charge in [-0.2, -0.15) is 5.10 Å². The summed E-state index contributed by atoms with van der Waals surface area (Å²) in [6, 6.07) is 5.04. The summed E-state index contributed by atoms with van der Waals surface area (Å²) in [5, 5.41) is 4.49. The van der Waals surface area contributed by atoms with Crippen LogP contribution in [0.2, 0.25) is 0 Å². The molecule has 2 N–H and O–H groups in total. The average Bonchev–Trinajstić information content (AvgIpc) is 2.92. The zero-order valence-electron chi connectivity index (χ0n) is 12.4. The molecule has 0 spiro atoms. The van der Waals surface area contributed by atoms with Gasteiger partial charge in [0.15, 0.2) is 5.65 Å². The molecule has 0 atom stereocenters. The molecule has 21 heavy (non-hydrogen) atoms. The Hall–Kier alpha value is -2.37. The molecule has 2 aromatic heterocycles. The Morgan fingerprint density at radius 1 is 1.33 bits per heavy atom. The van der Waals surface area contributed by atoms with Crippen LogP contribution in [-0.4, -0.2) is 19.3 Å². The molecule has 0 saturated heterocycles. The second kappa shape index (κ2) is 4.87. The van der Waals surface area contributed by atoms with Crippen LogP contribution >= 0.6 is 0 Å². The molecule has 0 aliphatic heterocycles. The van der Waals surface area contributed by atoms with Crippen molar-refractivity contribution in [1.29, 1.82) is 0 Å². The lowest BCUT2D eigenvalue weighted by atomic mass is 10.2. The van der Waals surface area contributed by atoms with Crippen LogP contribution in [0.4, 0.5) is 10.3 Å². The summed E-state index contributed by atoms with van der Waals surface area (Å²) in [4.78, 5) is 4.42. The Morgan fingerprint density at radius 2 is 2.10 bits per heavy atom. The summed E-state index contributed by atoms with van der Waals surface area (Å²) in [6.45, 7) is 3.83. The van der Waals surface area contributed by atoms with Crippen molar-refractivity contribution in [2.75, 3.05) is 5.73 Å². The minimum absolute atomic E-state index is 0.260. The van der Waals surface area contributed by atoms with E-state index in [1.54, 1.807) is 22.2 Å². The van der Waals surface area contributed by atoms with Crippen molar-refractivity contribution < 1.29 is 4.39 Å². The molecule has 1 aromatic carbocycles. The van der Waals surface area contributed by atoms with Crippen molar-refractivity contribution >= 4 is 17.1 Å². The number of hydrogen-bond donors (Lipinski definition) is 1. The predicted molar refractivity (Wildman–Crippen MR) is 80.9 cm³/mol. The predicted octanol–water partition coefficient (Wildman–Crippen LogP) is 2.74. The Bertz CT molecular complexity index is 815. The summed E-state index contributed by atoms with van der Waals surface area (Å²) in [7, 11) is 1.85. The lowest BCUT2D eigenvalue weighted by Crippen LogP contribution is -2.05. The van der Waals surface area contributed by atoms with E-state index in [1.165, 1.54) is 6.07 Å². The van der Waals surface area contributed by atoms with Crippen molar-refractivity contribution in [3.63, 3.8) is 0 Å². The Balaban J connectivity index is 2.27. The van der Waals surface area contributed by atoms with E-state index in [4.69, 9.17) is 5.73 Å². The molecule has 2 heterocycles. The smallest absolute Gasteiger partial charge is 0.207 e. The highest BCUT2D eigenvalue weighted by atomic mass is 19.1. The van der Waals surface area contributed by atoms with Gasteiger partial charge >= 0.3 is 0 Å². The molecule has 0 aliphatic carbocycles. The zero-order valence-corrected chi connectivity index (χ0v) is 12.4. The monoisotopic (exact) mass is 287 g/mol. The number of halogens is 1. The molecule has 3 aromatic rings. The van der Waals surface area contributed by atoms with Gasteiger partial charge in [0.05, 0.1) is 11.4 Å². The van der Waals surface area contributed by atoms with E-state index < -0.39 is 0 Å². The normalized spacial score (nSPS) is 11.4. The van der Waals surface area contributed by atoms with Crippen LogP contribution in [0.5, 0.6) is 0 Å². The van der Waals surface area contributed by atoms with Crippen LogP contribution in [-0.2, 0) is 13.5 Å². The van der Waals surface area contributed by atoms with Gasteiger partial charge in [-0.05, 0) is 31.0 Å². The van der Waals surface area contributed by atoms with E-state index in [-0.39, 0.29) is 5.82 Å². The number of nitrogens with zero attached hydrogens (tertiary/aromatic N) is 4. The van der Waals surface area contributed by atoms with E-state index in [1.807, 2.05) is 13.1 Å². The van der Waals surface area contributed by atoms with Crippen LogP contribution in [0.15, 0.2) is 18.2 Å². The molecule has 0 bridgehead atoms. The van der Waals surface area contributed by atoms with Gasteiger partial charge < -0.3 is 5.73 Å². The van der Waals surface area contributed by atoms with Gasteiger partial charge in [-0.1, -0.05) is 19.4 Å². The summed E-state index contributed by atoms with van der Waals surface area (Å²) >= 11 is 0. The van der Waals surface area contributed by atoms with E-state index in [0.717, 1.165) is 29.7 Å². The molecule has 0 amide bonds. The maximum absolute atomic E-state index is 13.8. The third kappa shape index (κ3) is 2.07. The van der Waals surface area contributed by atoms with Crippen molar-refractivity contribution in [2.45, 2.75) is 26.7 Å². The Labute approximate surface area is 122 Å². The Morgan fingerprint density at radius 3 is 2.76 bits per heavy atom. The number of rotatable bonds is 3. The van der Waals surface area contributed by atoms with E-state index >= 15 is 0 Å². The first-order valence-corrected chi connectivity index (χ1v) is 6.99. The summed E-state index contributed by atoms with van der Waals surface area (Å²) in [6.07, 6.45) is 1.83. The number of aryl methyl sites for hydroxylation is 3. The van der Waals surface area contributed by atoms with Crippen molar-refractivity contribution in [3.8, 4) is 5.69 Å². The number of anilines is 1. The molecule has 0 fully saturated rings. The quantitative estimate of drug-likeness (QED) is 0.805. The van der Waals surface area contributed by atoms with E-state index in [9.17, 15) is 4.39 Å². The first-order valence-electron chi connectivity index (χ1n) is 6.99. The third-order valence-electron chi connectivity index (χ3n) is 3.63. The highest BCUT2D eigenvalue weighted by Gasteiger charge is 2.19. The molecule has 5 nitrogen and oxygen atoms in total. The largest absolute Gasteiger partial charge is 0.369 e. The second-order valence-corrected chi connectivity index (χ2v) is 5.23. The molecule has 0 saturated carbocycles.